The van der Waals surface area contributed by atoms with E-state index in [9.17, 15) is 46.0 Å². The molecule has 0 unspecified atom stereocenters. The number of amides is 4. The number of ketones is 2. The van der Waals surface area contributed by atoms with Crippen LogP contribution in [0.3, 0.4) is 0 Å². The van der Waals surface area contributed by atoms with Crippen LogP contribution in [0.5, 0.6) is 5.75 Å². The minimum atomic E-state index is -4.16. The normalized spacial score (nSPS) is 15.0. The van der Waals surface area contributed by atoms with Gasteiger partial charge in [0.05, 0.1) is 23.9 Å². The number of carbonyl (C=O) groups is 6. The Bertz CT molecular complexity index is 3160. The molecule has 1 aliphatic heterocycles. The number of nitrogens with zero attached hydrogens (tertiary/aromatic N) is 2. The van der Waals surface area contributed by atoms with E-state index >= 15 is 0 Å². The maximum absolute atomic E-state index is 14.8. The van der Waals surface area contributed by atoms with Gasteiger partial charge in [0.15, 0.2) is 11.6 Å². The zero-order valence-corrected chi connectivity index (χ0v) is 45.2. The van der Waals surface area contributed by atoms with Gasteiger partial charge in [0.25, 0.3) is 10.0 Å². The second-order valence-electron chi connectivity index (χ2n) is 18.7. The molecule has 5 aromatic rings. The summed E-state index contributed by atoms with van der Waals surface area (Å²) in [6.45, 7) is 4.53. The second-order valence-corrected chi connectivity index (χ2v) is 20.6. The molecule has 0 aliphatic carbocycles. The van der Waals surface area contributed by atoms with Crippen LogP contribution in [0.4, 0.5) is 8.78 Å². The zero-order valence-electron chi connectivity index (χ0n) is 43.6. The maximum atomic E-state index is 14.8. The van der Waals surface area contributed by atoms with Gasteiger partial charge in [-0.05, 0) is 91.8 Å². The number of likely N-dealkylation sites (tertiary alicyclic amines) is 1. The Morgan fingerprint density at radius 3 is 1.74 bits per heavy atom. The summed E-state index contributed by atoms with van der Waals surface area (Å²) in [7, 11) is -2.67. The molecule has 1 aliphatic rings. The zero-order chi connectivity index (χ0) is 56.5. The smallest absolute Gasteiger partial charge is 0.264 e. The molecule has 1 heterocycles. The molecule has 3 atom stereocenters. The van der Waals surface area contributed by atoms with Crippen molar-refractivity contribution in [2.45, 2.75) is 82.3 Å². The van der Waals surface area contributed by atoms with E-state index in [0.29, 0.717) is 33.6 Å². The number of aliphatic imine (C=N–C) groups is 1. The van der Waals surface area contributed by atoms with Crippen molar-refractivity contribution in [3.63, 3.8) is 0 Å². The first-order valence-corrected chi connectivity index (χ1v) is 27.1. The fourth-order valence-electron chi connectivity index (χ4n) is 8.85. The highest BCUT2D eigenvalue weighted by molar-refractivity contribution is 7.90. The van der Waals surface area contributed by atoms with E-state index in [2.05, 4.69) is 25.7 Å². The number of alkyl halides is 1. The topological polar surface area (TPSA) is 236 Å². The fraction of sp³-hybridized carbons (Fsp3) is 0.293. The van der Waals surface area contributed by atoms with Crippen molar-refractivity contribution in [3.8, 4) is 5.75 Å². The summed E-state index contributed by atoms with van der Waals surface area (Å²) in [5.74, 6) is -5.29. The van der Waals surface area contributed by atoms with Gasteiger partial charge in [0, 0.05) is 67.6 Å². The van der Waals surface area contributed by atoms with E-state index in [1.165, 1.54) is 60.6 Å². The van der Waals surface area contributed by atoms with Gasteiger partial charge in [-0.3, -0.25) is 33.8 Å². The molecule has 0 saturated carbocycles. The van der Waals surface area contributed by atoms with E-state index in [0.717, 1.165) is 0 Å². The van der Waals surface area contributed by atoms with Crippen molar-refractivity contribution in [3.05, 3.63) is 177 Å². The van der Waals surface area contributed by atoms with Crippen LogP contribution in [0.15, 0.2) is 136 Å². The summed E-state index contributed by atoms with van der Waals surface area (Å²) in [5, 5.41) is 8.22. The van der Waals surface area contributed by atoms with Gasteiger partial charge in [-0.2, -0.15) is 0 Å². The molecule has 5 aromatic carbocycles. The Kier molecular flexibility index (Phi) is 21.1. The van der Waals surface area contributed by atoms with Crippen LogP contribution in [0.25, 0.3) is 12.2 Å². The Morgan fingerprint density at radius 1 is 0.731 bits per heavy atom. The monoisotopic (exact) mass is 1110 g/mol. The molecule has 0 spiro atoms. The number of halogens is 3. The lowest BCUT2D eigenvalue weighted by atomic mass is 9.93. The molecule has 20 heteroatoms. The Morgan fingerprint density at radius 2 is 1.23 bits per heavy atom. The Hall–Kier alpha value is -8.03. The van der Waals surface area contributed by atoms with Crippen molar-refractivity contribution in [1.29, 1.82) is 0 Å². The summed E-state index contributed by atoms with van der Waals surface area (Å²) in [5.41, 5.74) is 9.24. The number of ether oxygens (including phenoxy) is 1. The first-order chi connectivity index (χ1) is 37.3. The average Bonchev–Trinajstić information content (AvgIpc) is 3.49. The molecule has 0 bridgehead atoms. The van der Waals surface area contributed by atoms with Gasteiger partial charge in [0.2, 0.25) is 29.6 Å². The lowest BCUT2D eigenvalue weighted by Gasteiger charge is -2.30. The molecule has 6 rings (SSSR count). The van der Waals surface area contributed by atoms with Crippen LogP contribution in [0, 0.1) is 32.4 Å². The maximum Gasteiger partial charge on any atom is 0.264 e. The molecule has 0 radical (unpaired) electrons. The number of carbonyl (C=O) groups excluding carboxylic acids is 6. The van der Waals surface area contributed by atoms with Crippen LogP contribution in [0.1, 0.15) is 64.6 Å². The van der Waals surface area contributed by atoms with Crippen LogP contribution < -0.4 is 31.1 Å². The van der Waals surface area contributed by atoms with E-state index in [1.807, 2.05) is 0 Å². The third-order valence-corrected chi connectivity index (χ3v) is 14.9. The minimum absolute atomic E-state index is 0.00815. The molecule has 410 valence electrons. The number of piperidine rings is 1. The quantitative estimate of drug-likeness (QED) is 0.0159. The molecule has 78 heavy (non-hydrogen) atoms. The van der Waals surface area contributed by atoms with Gasteiger partial charge in [-0.25, -0.2) is 21.9 Å². The fourth-order valence-corrected chi connectivity index (χ4v) is 10.5. The molecule has 0 aromatic heterocycles. The average molecular weight is 1110 g/mol. The molecule has 1 fully saturated rings. The van der Waals surface area contributed by atoms with Crippen LogP contribution >= 0.6 is 11.6 Å². The first-order valence-electron chi connectivity index (χ1n) is 25.0. The van der Waals surface area contributed by atoms with Crippen LogP contribution in [0.2, 0.25) is 0 Å². The summed E-state index contributed by atoms with van der Waals surface area (Å²) < 4.78 is 64.0. The van der Waals surface area contributed by atoms with Crippen molar-refractivity contribution in [2.24, 2.45) is 10.7 Å². The summed E-state index contributed by atoms with van der Waals surface area (Å²) >= 11 is 6.01. The van der Waals surface area contributed by atoms with Gasteiger partial charge in [-0.15, -0.1) is 11.6 Å². The van der Waals surface area contributed by atoms with Gasteiger partial charge >= 0.3 is 0 Å². The van der Waals surface area contributed by atoms with Crippen molar-refractivity contribution in [1.82, 2.24) is 25.6 Å². The lowest BCUT2D eigenvalue weighted by molar-refractivity contribution is -0.135. The number of benzene rings is 5. The third kappa shape index (κ3) is 16.2. The van der Waals surface area contributed by atoms with Crippen LogP contribution in [-0.4, -0.2) is 105 Å². The first kappa shape index (κ1) is 59.2. The number of guanidine groups is 1. The molecule has 1 saturated heterocycles. The third-order valence-electron chi connectivity index (χ3n) is 13.0. The Balaban J connectivity index is 1.15. The second kappa shape index (κ2) is 27.8. The number of methoxy groups -OCH3 is 1. The van der Waals surface area contributed by atoms with Crippen LogP contribution in [-0.2, 0) is 51.6 Å². The highest BCUT2D eigenvalue weighted by atomic mass is 35.5. The van der Waals surface area contributed by atoms with Gasteiger partial charge in [-0.1, -0.05) is 97.1 Å². The Labute approximate surface area is 457 Å². The number of nitrogens with one attached hydrogen (secondary N) is 4. The van der Waals surface area contributed by atoms with Crippen molar-refractivity contribution < 1.29 is 50.7 Å². The number of sulfonamides is 1. The number of hydrogen-bond donors (Lipinski definition) is 5. The molecular formula is C58H62ClF2N7O9S. The van der Waals surface area contributed by atoms with E-state index < -0.39 is 93.2 Å². The van der Waals surface area contributed by atoms with E-state index in [4.69, 9.17) is 22.1 Å². The summed E-state index contributed by atoms with van der Waals surface area (Å²) in [6, 6.07) is 27.0. The number of nitrogens with two attached hydrogens (primary N) is 1. The highest BCUT2D eigenvalue weighted by Crippen LogP contribution is 2.31. The molecule has 4 amide bonds. The predicted molar refractivity (Wildman–Crippen MR) is 295 cm³/mol. The highest BCUT2D eigenvalue weighted by Gasteiger charge is 2.33. The number of Topliss-reactive ketones (excluding diaryl/α,β-unsaturated/α-hetero) is 2. The summed E-state index contributed by atoms with van der Waals surface area (Å²) in [4.78, 5) is 88.8. The predicted octanol–water partition coefficient (Wildman–Crippen LogP) is 6.38. The van der Waals surface area contributed by atoms with Crippen molar-refractivity contribution in [2.75, 3.05) is 32.6 Å². The SMILES string of the molecule is COc1cc(C)c(S(=O)(=O)NC(N)=NCCC[C@H](NC(=O)[C@H](Cc2ccccc2)NC(=O)[C@H](Cc2ccccc2)NC(=O)CCC(=O)N2C/C(=C\c3ccccc3F)C(=O)/C(=C/c3ccccc3F)C2)C(=O)CCl)c(C)c1C. The van der Waals surface area contributed by atoms with E-state index in [-0.39, 0.29) is 78.9 Å². The molecular weight excluding hydrogens is 1040 g/mol. The summed E-state index contributed by atoms with van der Waals surface area (Å²) in [6.07, 6.45) is 1.99. The lowest BCUT2D eigenvalue weighted by Crippen LogP contribution is -2.57. The largest absolute Gasteiger partial charge is 0.496 e. The number of hydrogen-bond acceptors (Lipinski definition) is 10. The van der Waals surface area contributed by atoms with E-state index in [1.54, 1.807) is 99.6 Å². The number of rotatable bonds is 23. The van der Waals surface area contributed by atoms with Crippen molar-refractivity contribution >= 4 is 74.9 Å². The standard InChI is InChI=1S/C58H62ClF2N7O9S/c1-36-28-51(77-4)37(2)38(3)55(36)78(75,76)67-58(62)63-27-15-24-47(50(69)33-59)65-57(74)49(30-40-18-9-6-10-19-40)66-56(73)48(29-39-16-7-5-8-17-39)64-52(70)25-26-53(71)68-34-43(31-41-20-11-13-22-45(41)60)54(72)44(35-68)32-42-21-12-14-23-46(42)61/h5-14,16-23,28,31-32,47-49H,15,24-27,29-30,33-35H2,1-4H3,(H,64,70)(H,65,74)(H,66,73)(H3,62,63,67)/b43-31+,44-32+/t47-,48-,49-/m0/s1. The minimum Gasteiger partial charge on any atom is -0.496 e. The van der Waals surface area contributed by atoms with Gasteiger partial charge in [0.1, 0.15) is 29.5 Å². The molecule has 6 N–H and O–H groups in total. The van der Waals surface area contributed by atoms with Gasteiger partial charge < -0.3 is 31.3 Å². The number of aryl methyl sites for hydroxylation is 1. The molecule has 16 nitrogen and oxygen atoms in total.